The first-order valence-corrected chi connectivity index (χ1v) is 7.04. The van der Waals surface area contributed by atoms with Gasteiger partial charge < -0.3 is 4.90 Å². The zero-order valence-electron chi connectivity index (χ0n) is 10.8. The molecule has 2 unspecified atom stereocenters. The lowest BCUT2D eigenvalue weighted by Gasteiger charge is -2.39. The molecule has 1 saturated carbocycles. The molecule has 3 aliphatic rings. The van der Waals surface area contributed by atoms with Crippen molar-refractivity contribution in [1.82, 2.24) is 9.91 Å². The SMILES string of the molecule is O=C(N1CCC1)N1N=CC[C@H]1C1CC(F)CC(F)C1. The molecule has 2 fully saturated rings. The van der Waals surface area contributed by atoms with Crippen LogP contribution in [-0.2, 0) is 0 Å². The number of urea groups is 1. The van der Waals surface area contributed by atoms with Gasteiger partial charge in [-0.05, 0) is 25.2 Å². The first kappa shape index (κ1) is 12.8. The molecule has 0 aromatic carbocycles. The summed E-state index contributed by atoms with van der Waals surface area (Å²) in [5.41, 5.74) is 0. The maximum absolute atomic E-state index is 13.5. The number of nitrogens with zero attached hydrogens (tertiary/aromatic N) is 3. The van der Waals surface area contributed by atoms with E-state index in [1.165, 1.54) is 5.01 Å². The molecular formula is C13H19F2N3O. The van der Waals surface area contributed by atoms with Crippen LogP contribution >= 0.6 is 0 Å². The Labute approximate surface area is 111 Å². The van der Waals surface area contributed by atoms with E-state index in [2.05, 4.69) is 5.10 Å². The maximum atomic E-state index is 13.5. The number of likely N-dealkylation sites (tertiary alicyclic amines) is 1. The van der Waals surface area contributed by atoms with Crippen LogP contribution in [0.4, 0.5) is 13.6 Å². The average molecular weight is 271 g/mol. The van der Waals surface area contributed by atoms with Crippen molar-refractivity contribution < 1.29 is 13.6 Å². The van der Waals surface area contributed by atoms with Crippen molar-refractivity contribution in [2.24, 2.45) is 11.0 Å². The van der Waals surface area contributed by atoms with E-state index in [0.717, 1.165) is 19.5 Å². The van der Waals surface area contributed by atoms with Gasteiger partial charge in [0.2, 0.25) is 0 Å². The fraction of sp³-hybridized carbons (Fsp3) is 0.846. The Kier molecular flexibility index (Phi) is 3.41. The highest BCUT2D eigenvalue weighted by Crippen LogP contribution is 2.35. The number of hydrogen-bond donors (Lipinski definition) is 0. The Bertz CT molecular complexity index is 376. The minimum absolute atomic E-state index is 0.00412. The third kappa shape index (κ3) is 2.44. The Balaban J connectivity index is 1.67. The van der Waals surface area contributed by atoms with Crippen LogP contribution in [0.1, 0.15) is 32.1 Å². The van der Waals surface area contributed by atoms with E-state index in [-0.39, 0.29) is 24.4 Å². The summed E-state index contributed by atoms with van der Waals surface area (Å²) in [5, 5.41) is 5.57. The molecule has 0 spiro atoms. The van der Waals surface area contributed by atoms with Crippen molar-refractivity contribution >= 4 is 12.2 Å². The van der Waals surface area contributed by atoms with Gasteiger partial charge in [0.05, 0.1) is 6.04 Å². The van der Waals surface area contributed by atoms with Gasteiger partial charge in [0, 0.05) is 32.1 Å². The molecule has 4 nitrogen and oxygen atoms in total. The van der Waals surface area contributed by atoms with Gasteiger partial charge in [-0.2, -0.15) is 5.10 Å². The quantitative estimate of drug-likeness (QED) is 0.721. The lowest BCUT2D eigenvalue weighted by atomic mass is 9.81. The van der Waals surface area contributed by atoms with Crippen molar-refractivity contribution in [3.8, 4) is 0 Å². The molecule has 2 amide bonds. The van der Waals surface area contributed by atoms with Gasteiger partial charge >= 0.3 is 6.03 Å². The Morgan fingerprint density at radius 3 is 2.42 bits per heavy atom. The van der Waals surface area contributed by atoms with Crippen LogP contribution in [0.2, 0.25) is 0 Å². The van der Waals surface area contributed by atoms with E-state index in [4.69, 9.17) is 0 Å². The molecule has 106 valence electrons. The van der Waals surface area contributed by atoms with E-state index < -0.39 is 12.3 Å². The van der Waals surface area contributed by atoms with Gasteiger partial charge in [0.1, 0.15) is 12.3 Å². The Morgan fingerprint density at radius 1 is 1.16 bits per heavy atom. The summed E-state index contributed by atoms with van der Waals surface area (Å²) in [6.45, 7) is 1.53. The molecule has 19 heavy (non-hydrogen) atoms. The summed E-state index contributed by atoms with van der Waals surface area (Å²) in [6.07, 6.45) is 1.85. The highest BCUT2D eigenvalue weighted by Gasteiger charge is 2.41. The number of hydrazone groups is 1. The highest BCUT2D eigenvalue weighted by atomic mass is 19.1. The van der Waals surface area contributed by atoms with E-state index in [0.29, 0.717) is 19.3 Å². The molecule has 1 aliphatic carbocycles. The van der Waals surface area contributed by atoms with Crippen LogP contribution in [0.3, 0.4) is 0 Å². The second kappa shape index (κ2) is 5.06. The highest BCUT2D eigenvalue weighted by molar-refractivity contribution is 5.78. The van der Waals surface area contributed by atoms with Crippen molar-refractivity contribution in [2.75, 3.05) is 13.1 Å². The summed E-state index contributed by atoms with van der Waals surface area (Å²) in [4.78, 5) is 13.9. The molecule has 6 heteroatoms. The fourth-order valence-corrected chi connectivity index (χ4v) is 3.20. The first-order chi connectivity index (χ1) is 9.15. The van der Waals surface area contributed by atoms with Crippen LogP contribution < -0.4 is 0 Å². The number of carbonyl (C=O) groups excluding carboxylic acids is 1. The van der Waals surface area contributed by atoms with Crippen molar-refractivity contribution in [3.05, 3.63) is 0 Å². The van der Waals surface area contributed by atoms with Gasteiger partial charge in [0.25, 0.3) is 0 Å². The van der Waals surface area contributed by atoms with Gasteiger partial charge in [-0.15, -0.1) is 0 Å². The second-order valence-electron chi connectivity index (χ2n) is 5.73. The fourth-order valence-electron chi connectivity index (χ4n) is 3.20. The predicted octanol–water partition coefficient (Wildman–Crippen LogP) is 2.35. The monoisotopic (exact) mass is 271 g/mol. The number of rotatable bonds is 1. The molecule has 0 aromatic heterocycles. The Morgan fingerprint density at radius 2 is 1.84 bits per heavy atom. The van der Waals surface area contributed by atoms with Crippen LogP contribution in [0.25, 0.3) is 0 Å². The third-order valence-corrected chi connectivity index (χ3v) is 4.36. The van der Waals surface area contributed by atoms with Crippen LogP contribution in [-0.4, -0.2) is 53.6 Å². The largest absolute Gasteiger partial charge is 0.340 e. The molecular weight excluding hydrogens is 252 g/mol. The molecule has 0 N–H and O–H groups in total. The first-order valence-electron chi connectivity index (χ1n) is 7.04. The zero-order valence-corrected chi connectivity index (χ0v) is 10.8. The maximum Gasteiger partial charge on any atom is 0.340 e. The number of amides is 2. The smallest absolute Gasteiger partial charge is 0.323 e. The van der Waals surface area contributed by atoms with Crippen molar-refractivity contribution in [1.29, 1.82) is 0 Å². The lowest BCUT2D eigenvalue weighted by molar-refractivity contribution is 0.0570. The van der Waals surface area contributed by atoms with Crippen molar-refractivity contribution in [2.45, 2.75) is 50.5 Å². The molecule has 0 bridgehead atoms. The third-order valence-electron chi connectivity index (χ3n) is 4.36. The summed E-state index contributed by atoms with van der Waals surface area (Å²) in [6, 6.07) is -0.272. The van der Waals surface area contributed by atoms with E-state index in [9.17, 15) is 13.6 Å². The van der Waals surface area contributed by atoms with Gasteiger partial charge in [-0.1, -0.05) is 0 Å². The molecule has 2 heterocycles. The summed E-state index contributed by atoms with van der Waals surface area (Å²) < 4.78 is 27.0. The second-order valence-corrected chi connectivity index (χ2v) is 5.73. The number of hydrogen-bond acceptors (Lipinski definition) is 2. The standard InChI is InChI=1S/C13H19F2N3O/c14-10-6-9(7-11(15)8-10)12-2-3-16-18(12)13(19)17-4-1-5-17/h3,9-12H,1-2,4-8H2/t9?,10?,11?,12-/m0/s1. The molecule has 3 atom stereocenters. The topological polar surface area (TPSA) is 35.9 Å². The average Bonchev–Trinajstić information content (AvgIpc) is 2.73. The van der Waals surface area contributed by atoms with Crippen molar-refractivity contribution in [3.63, 3.8) is 0 Å². The van der Waals surface area contributed by atoms with E-state index in [1.807, 2.05) is 0 Å². The molecule has 1 saturated heterocycles. The minimum atomic E-state index is -1.09. The number of carbonyl (C=O) groups is 1. The van der Waals surface area contributed by atoms with Crippen LogP contribution in [0, 0.1) is 5.92 Å². The summed E-state index contributed by atoms with van der Waals surface area (Å²) >= 11 is 0. The normalized spacial score (nSPS) is 38.4. The molecule has 0 aromatic rings. The van der Waals surface area contributed by atoms with E-state index >= 15 is 0 Å². The van der Waals surface area contributed by atoms with Gasteiger partial charge in [-0.25, -0.2) is 18.6 Å². The zero-order chi connectivity index (χ0) is 13.4. The minimum Gasteiger partial charge on any atom is -0.323 e. The lowest BCUT2D eigenvalue weighted by Crippen LogP contribution is -2.52. The summed E-state index contributed by atoms with van der Waals surface area (Å²) in [5.74, 6) is -0.119. The predicted molar refractivity (Wildman–Crippen MR) is 67.5 cm³/mol. The summed E-state index contributed by atoms with van der Waals surface area (Å²) in [7, 11) is 0. The van der Waals surface area contributed by atoms with Crippen LogP contribution in [0.5, 0.6) is 0 Å². The van der Waals surface area contributed by atoms with Gasteiger partial charge in [0.15, 0.2) is 0 Å². The van der Waals surface area contributed by atoms with E-state index in [1.54, 1.807) is 11.1 Å². The molecule has 3 rings (SSSR count). The van der Waals surface area contributed by atoms with Gasteiger partial charge in [-0.3, -0.25) is 0 Å². The number of alkyl halides is 2. The Hall–Kier alpha value is -1.20. The molecule has 2 aliphatic heterocycles. The molecule has 0 radical (unpaired) electrons. The number of halogens is 2. The van der Waals surface area contributed by atoms with Crippen LogP contribution in [0.15, 0.2) is 5.10 Å².